The molecule has 0 aliphatic carbocycles. The first-order valence-electron chi connectivity index (χ1n) is 6.18. The lowest BCUT2D eigenvalue weighted by Crippen LogP contribution is -2.53. The van der Waals surface area contributed by atoms with E-state index in [4.69, 9.17) is 5.73 Å². The SMILES string of the molecule is CCC(CC)(CN)NC(=O)c1cccn(C)c1=O. The Bertz CT molecular complexity index is 467. The van der Waals surface area contributed by atoms with Crippen molar-refractivity contribution in [2.45, 2.75) is 32.2 Å². The van der Waals surface area contributed by atoms with Gasteiger partial charge in [-0.05, 0) is 25.0 Å². The monoisotopic (exact) mass is 251 g/mol. The summed E-state index contributed by atoms with van der Waals surface area (Å²) in [4.78, 5) is 24.0. The molecule has 1 amide bonds. The third-order valence-electron chi connectivity index (χ3n) is 3.49. The quantitative estimate of drug-likeness (QED) is 0.806. The first-order valence-corrected chi connectivity index (χ1v) is 6.18. The second-order valence-corrected chi connectivity index (χ2v) is 4.48. The predicted octanol–water partition coefficient (Wildman–Crippen LogP) is 0.633. The summed E-state index contributed by atoms with van der Waals surface area (Å²) in [5, 5.41) is 2.89. The van der Waals surface area contributed by atoms with E-state index in [2.05, 4.69) is 5.32 Å². The molecule has 0 fully saturated rings. The maximum absolute atomic E-state index is 12.1. The van der Waals surface area contributed by atoms with E-state index in [9.17, 15) is 9.59 Å². The number of hydrogen-bond acceptors (Lipinski definition) is 3. The van der Waals surface area contributed by atoms with Gasteiger partial charge >= 0.3 is 0 Å². The molecular weight excluding hydrogens is 230 g/mol. The number of nitrogens with one attached hydrogen (secondary N) is 1. The molecule has 1 aromatic heterocycles. The van der Waals surface area contributed by atoms with Gasteiger partial charge in [0, 0.05) is 19.8 Å². The second kappa shape index (κ2) is 5.82. The van der Waals surface area contributed by atoms with Crippen LogP contribution in [0.4, 0.5) is 0 Å². The molecule has 0 saturated carbocycles. The summed E-state index contributed by atoms with van der Waals surface area (Å²) in [5.41, 5.74) is 5.15. The molecule has 0 aromatic carbocycles. The fourth-order valence-corrected chi connectivity index (χ4v) is 1.84. The van der Waals surface area contributed by atoms with Gasteiger partial charge in [0.15, 0.2) is 0 Å². The molecule has 1 aromatic rings. The largest absolute Gasteiger partial charge is 0.345 e. The summed E-state index contributed by atoms with van der Waals surface area (Å²) in [5.74, 6) is -0.356. The van der Waals surface area contributed by atoms with Crippen LogP contribution in [0, 0.1) is 0 Å². The Morgan fingerprint density at radius 1 is 1.44 bits per heavy atom. The maximum Gasteiger partial charge on any atom is 0.263 e. The highest BCUT2D eigenvalue weighted by atomic mass is 16.2. The molecule has 100 valence electrons. The lowest BCUT2D eigenvalue weighted by atomic mass is 9.92. The second-order valence-electron chi connectivity index (χ2n) is 4.48. The van der Waals surface area contributed by atoms with Crippen LogP contribution in [0.3, 0.4) is 0 Å². The van der Waals surface area contributed by atoms with Crippen LogP contribution < -0.4 is 16.6 Å². The van der Waals surface area contributed by atoms with E-state index in [0.29, 0.717) is 6.54 Å². The van der Waals surface area contributed by atoms with Gasteiger partial charge in [-0.3, -0.25) is 9.59 Å². The topological polar surface area (TPSA) is 77.1 Å². The Hall–Kier alpha value is -1.62. The zero-order valence-electron chi connectivity index (χ0n) is 11.2. The third kappa shape index (κ3) is 2.79. The molecular formula is C13H21N3O2. The maximum atomic E-state index is 12.1. The van der Waals surface area contributed by atoms with E-state index in [-0.39, 0.29) is 17.0 Å². The summed E-state index contributed by atoms with van der Waals surface area (Å²) in [7, 11) is 1.62. The highest BCUT2D eigenvalue weighted by molar-refractivity contribution is 5.94. The number of rotatable bonds is 5. The van der Waals surface area contributed by atoms with Gasteiger partial charge in [-0.2, -0.15) is 0 Å². The van der Waals surface area contributed by atoms with E-state index in [1.807, 2.05) is 13.8 Å². The number of aromatic nitrogens is 1. The fraction of sp³-hybridized carbons (Fsp3) is 0.538. The predicted molar refractivity (Wildman–Crippen MR) is 71.5 cm³/mol. The van der Waals surface area contributed by atoms with Gasteiger partial charge in [-0.15, -0.1) is 0 Å². The van der Waals surface area contributed by atoms with Crippen LogP contribution in [0.5, 0.6) is 0 Å². The van der Waals surface area contributed by atoms with Gasteiger partial charge in [0.2, 0.25) is 0 Å². The van der Waals surface area contributed by atoms with Crippen molar-refractivity contribution in [2.24, 2.45) is 12.8 Å². The number of aryl methyl sites for hydroxylation is 1. The van der Waals surface area contributed by atoms with E-state index in [1.54, 1.807) is 19.3 Å². The third-order valence-corrected chi connectivity index (χ3v) is 3.49. The van der Waals surface area contributed by atoms with E-state index in [1.165, 1.54) is 10.6 Å². The van der Waals surface area contributed by atoms with Crippen molar-refractivity contribution >= 4 is 5.91 Å². The van der Waals surface area contributed by atoms with Crippen molar-refractivity contribution in [3.8, 4) is 0 Å². The van der Waals surface area contributed by atoms with Crippen LogP contribution in [-0.4, -0.2) is 22.6 Å². The number of carbonyl (C=O) groups is 1. The van der Waals surface area contributed by atoms with Crippen LogP contribution in [0.1, 0.15) is 37.0 Å². The van der Waals surface area contributed by atoms with Crippen LogP contribution in [0.2, 0.25) is 0 Å². The van der Waals surface area contributed by atoms with E-state index in [0.717, 1.165) is 12.8 Å². The van der Waals surface area contributed by atoms with Crippen molar-refractivity contribution in [3.63, 3.8) is 0 Å². The number of pyridine rings is 1. The zero-order valence-corrected chi connectivity index (χ0v) is 11.2. The van der Waals surface area contributed by atoms with Gasteiger partial charge in [-0.25, -0.2) is 0 Å². The Balaban J connectivity index is 3.02. The van der Waals surface area contributed by atoms with Gasteiger partial charge < -0.3 is 15.6 Å². The summed E-state index contributed by atoms with van der Waals surface area (Å²) in [6.45, 7) is 4.30. The molecule has 0 saturated heterocycles. The van der Waals surface area contributed by atoms with Crippen LogP contribution in [-0.2, 0) is 7.05 Å². The molecule has 1 heterocycles. The molecule has 1 rings (SSSR count). The summed E-state index contributed by atoms with van der Waals surface area (Å²) in [6.07, 6.45) is 3.09. The minimum absolute atomic E-state index is 0.153. The highest BCUT2D eigenvalue weighted by Gasteiger charge is 2.27. The van der Waals surface area contributed by atoms with Crippen LogP contribution >= 0.6 is 0 Å². The molecule has 0 aliphatic heterocycles. The molecule has 0 aliphatic rings. The summed E-state index contributed by atoms with van der Waals surface area (Å²) in [6, 6.07) is 3.21. The molecule has 18 heavy (non-hydrogen) atoms. The van der Waals surface area contributed by atoms with Crippen LogP contribution in [0.25, 0.3) is 0 Å². The standard InChI is InChI=1S/C13H21N3O2/c1-4-13(5-2,9-14)15-11(17)10-7-6-8-16(3)12(10)18/h6-8H,4-5,9,14H2,1-3H3,(H,15,17). The number of amides is 1. The van der Waals surface area contributed by atoms with E-state index < -0.39 is 5.54 Å². The summed E-state index contributed by atoms with van der Waals surface area (Å²) < 4.78 is 1.39. The van der Waals surface area contributed by atoms with Gasteiger partial charge in [0.25, 0.3) is 11.5 Å². The lowest BCUT2D eigenvalue weighted by molar-refractivity contribution is 0.0893. The number of nitrogens with two attached hydrogens (primary N) is 1. The molecule has 0 radical (unpaired) electrons. The zero-order chi connectivity index (χ0) is 13.8. The minimum atomic E-state index is -0.433. The molecule has 3 N–H and O–H groups in total. The van der Waals surface area contributed by atoms with Crippen molar-refractivity contribution in [2.75, 3.05) is 6.54 Å². The van der Waals surface area contributed by atoms with Gasteiger partial charge in [0.05, 0.1) is 5.54 Å². The molecule has 5 nitrogen and oxygen atoms in total. The Labute approximate surface area is 107 Å². The Morgan fingerprint density at radius 3 is 2.56 bits per heavy atom. The molecule has 0 atom stereocenters. The highest BCUT2D eigenvalue weighted by Crippen LogP contribution is 2.13. The van der Waals surface area contributed by atoms with Crippen molar-refractivity contribution in [1.29, 1.82) is 0 Å². The van der Waals surface area contributed by atoms with Crippen molar-refractivity contribution in [1.82, 2.24) is 9.88 Å². The average Bonchev–Trinajstić information content (AvgIpc) is 2.39. The van der Waals surface area contributed by atoms with Gasteiger partial charge in [0.1, 0.15) is 5.56 Å². The van der Waals surface area contributed by atoms with Crippen molar-refractivity contribution in [3.05, 3.63) is 34.2 Å². The van der Waals surface area contributed by atoms with E-state index >= 15 is 0 Å². The number of hydrogen-bond donors (Lipinski definition) is 2. The Morgan fingerprint density at radius 2 is 2.06 bits per heavy atom. The average molecular weight is 251 g/mol. The molecule has 0 spiro atoms. The van der Waals surface area contributed by atoms with Crippen molar-refractivity contribution < 1.29 is 4.79 Å². The minimum Gasteiger partial charge on any atom is -0.345 e. The number of carbonyl (C=O) groups excluding carboxylic acids is 1. The molecule has 0 unspecified atom stereocenters. The molecule has 5 heteroatoms. The number of nitrogens with zero attached hydrogens (tertiary/aromatic N) is 1. The fourth-order valence-electron chi connectivity index (χ4n) is 1.84. The first-order chi connectivity index (χ1) is 8.49. The van der Waals surface area contributed by atoms with Gasteiger partial charge in [-0.1, -0.05) is 13.8 Å². The van der Waals surface area contributed by atoms with Crippen LogP contribution in [0.15, 0.2) is 23.1 Å². The lowest BCUT2D eigenvalue weighted by Gasteiger charge is -2.31. The molecule has 0 bridgehead atoms. The smallest absolute Gasteiger partial charge is 0.263 e. The Kier molecular flexibility index (Phi) is 4.67. The first kappa shape index (κ1) is 14.4. The normalized spacial score (nSPS) is 11.3. The summed E-state index contributed by atoms with van der Waals surface area (Å²) >= 11 is 0.